The molecule has 2 aromatic carbocycles. The van der Waals surface area contributed by atoms with Crippen LogP contribution in [0.4, 0.5) is 0 Å². The Morgan fingerprint density at radius 3 is 1.76 bits per heavy atom. The van der Waals surface area contributed by atoms with Crippen LogP contribution < -0.4 is 0 Å². The molecule has 0 amide bonds. The second-order valence-corrected chi connectivity index (χ2v) is 3.40. The second-order valence-electron chi connectivity index (χ2n) is 3.40. The number of benzene rings is 2. The molecule has 0 spiro atoms. The van der Waals surface area contributed by atoms with Crippen molar-refractivity contribution in [1.29, 1.82) is 0 Å². The zero-order valence-electron chi connectivity index (χ0n) is 9.54. The molecule has 0 heterocycles. The highest BCUT2D eigenvalue weighted by Crippen LogP contribution is 1.98. The first-order valence-electron chi connectivity index (χ1n) is 5.16. The summed E-state index contributed by atoms with van der Waals surface area (Å²) in [6, 6.07) is 18.5. The summed E-state index contributed by atoms with van der Waals surface area (Å²) in [7, 11) is 0. The summed E-state index contributed by atoms with van der Waals surface area (Å²) in [5, 5.41) is 7.94. The third-order valence-electron chi connectivity index (χ3n) is 2.03. The highest BCUT2D eigenvalue weighted by molar-refractivity contribution is 5.88. The molecular weight excluding hydrogens is 216 g/mol. The van der Waals surface area contributed by atoms with Crippen molar-refractivity contribution in [3.63, 3.8) is 0 Å². The molecule has 0 radical (unpaired) electrons. The van der Waals surface area contributed by atoms with Gasteiger partial charge in [0.1, 0.15) is 0 Å². The van der Waals surface area contributed by atoms with Gasteiger partial charge in [0.05, 0.1) is 5.56 Å². The van der Waals surface area contributed by atoms with Crippen LogP contribution in [0, 0.1) is 6.92 Å². The van der Waals surface area contributed by atoms with E-state index in [2.05, 4.69) is 23.9 Å². The third-order valence-corrected chi connectivity index (χ3v) is 2.03. The molecule has 2 rings (SSSR count). The number of hydrogen-bond acceptors (Lipinski definition) is 3. The Hall–Kier alpha value is -2.13. The standard InChI is InChI=1S/C7H6O3.C7H8/c8-7(10-9)6-4-2-1-3-5-6;1-7-5-3-2-4-6-7/h1-5,9H;2-6H,1H3. The molecule has 0 bridgehead atoms. The summed E-state index contributed by atoms with van der Waals surface area (Å²) in [5.41, 5.74) is 1.66. The van der Waals surface area contributed by atoms with Gasteiger partial charge in [0.2, 0.25) is 0 Å². The highest BCUT2D eigenvalue weighted by atomic mass is 17.1. The summed E-state index contributed by atoms with van der Waals surface area (Å²) in [6.07, 6.45) is 0. The predicted molar refractivity (Wildman–Crippen MR) is 65.7 cm³/mol. The lowest BCUT2D eigenvalue weighted by atomic mass is 10.2. The molecule has 3 nitrogen and oxygen atoms in total. The minimum Gasteiger partial charge on any atom is -0.296 e. The van der Waals surface area contributed by atoms with E-state index < -0.39 is 5.97 Å². The predicted octanol–water partition coefficient (Wildman–Crippen LogP) is 3.31. The van der Waals surface area contributed by atoms with Crippen LogP contribution in [0.25, 0.3) is 0 Å². The Bertz CT molecular complexity index is 438. The van der Waals surface area contributed by atoms with E-state index in [9.17, 15) is 4.79 Å². The van der Waals surface area contributed by atoms with Crippen molar-refractivity contribution in [2.24, 2.45) is 0 Å². The number of carbonyl (C=O) groups is 1. The van der Waals surface area contributed by atoms with Gasteiger partial charge in [-0.05, 0) is 19.1 Å². The van der Waals surface area contributed by atoms with E-state index in [0.717, 1.165) is 0 Å². The number of aryl methyl sites for hydroxylation is 1. The van der Waals surface area contributed by atoms with Crippen molar-refractivity contribution in [2.75, 3.05) is 0 Å². The average molecular weight is 230 g/mol. The molecule has 0 fully saturated rings. The number of hydrogen-bond donors (Lipinski definition) is 1. The zero-order valence-corrected chi connectivity index (χ0v) is 9.54. The van der Waals surface area contributed by atoms with Crippen molar-refractivity contribution in [3.8, 4) is 0 Å². The van der Waals surface area contributed by atoms with E-state index in [4.69, 9.17) is 5.26 Å². The molecule has 17 heavy (non-hydrogen) atoms. The summed E-state index contributed by atoms with van der Waals surface area (Å²) in [5.74, 6) is -0.736. The number of carbonyl (C=O) groups excluding carboxylic acids is 1. The molecule has 0 aliphatic carbocycles. The molecule has 0 saturated carbocycles. The average Bonchev–Trinajstić information content (AvgIpc) is 2.40. The maximum Gasteiger partial charge on any atom is 0.372 e. The normalized spacial score (nSPS) is 8.82. The van der Waals surface area contributed by atoms with Gasteiger partial charge >= 0.3 is 5.97 Å². The van der Waals surface area contributed by atoms with Gasteiger partial charge in [-0.3, -0.25) is 4.89 Å². The van der Waals surface area contributed by atoms with Crippen LogP contribution in [0.2, 0.25) is 0 Å². The lowest BCUT2D eigenvalue weighted by Gasteiger charge is -1.92. The fourth-order valence-electron chi connectivity index (χ4n) is 1.16. The van der Waals surface area contributed by atoms with Crippen LogP contribution in [0.1, 0.15) is 15.9 Å². The molecular formula is C14H14O3. The Morgan fingerprint density at radius 2 is 1.41 bits per heavy atom. The minimum absolute atomic E-state index is 0.338. The smallest absolute Gasteiger partial charge is 0.296 e. The van der Waals surface area contributed by atoms with Crippen molar-refractivity contribution in [1.82, 2.24) is 0 Å². The molecule has 0 aliphatic rings. The van der Waals surface area contributed by atoms with Crippen LogP contribution in [-0.2, 0) is 4.89 Å². The van der Waals surface area contributed by atoms with Gasteiger partial charge in [0, 0.05) is 0 Å². The summed E-state index contributed by atoms with van der Waals surface area (Å²) in [4.78, 5) is 14.0. The van der Waals surface area contributed by atoms with Gasteiger partial charge in [0.15, 0.2) is 0 Å². The first kappa shape index (κ1) is 12.9. The van der Waals surface area contributed by atoms with Crippen LogP contribution >= 0.6 is 0 Å². The Balaban J connectivity index is 0.000000181. The molecule has 2 aromatic rings. The maximum absolute atomic E-state index is 10.5. The van der Waals surface area contributed by atoms with Crippen LogP contribution in [0.3, 0.4) is 0 Å². The minimum atomic E-state index is -0.736. The first-order valence-corrected chi connectivity index (χ1v) is 5.16. The lowest BCUT2D eigenvalue weighted by molar-refractivity contribution is -0.182. The van der Waals surface area contributed by atoms with E-state index in [1.807, 2.05) is 18.2 Å². The highest BCUT2D eigenvalue weighted by Gasteiger charge is 2.02. The molecule has 3 heteroatoms. The van der Waals surface area contributed by atoms with Crippen molar-refractivity contribution < 1.29 is 14.9 Å². The van der Waals surface area contributed by atoms with Crippen LogP contribution in [0.15, 0.2) is 60.7 Å². The van der Waals surface area contributed by atoms with Crippen molar-refractivity contribution in [3.05, 3.63) is 71.8 Å². The van der Waals surface area contributed by atoms with E-state index in [0.29, 0.717) is 5.56 Å². The Morgan fingerprint density at radius 1 is 0.941 bits per heavy atom. The first-order chi connectivity index (χ1) is 8.24. The molecule has 0 atom stereocenters. The Kier molecular flexibility index (Phi) is 5.47. The summed E-state index contributed by atoms with van der Waals surface area (Å²) in [6.45, 7) is 2.08. The van der Waals surface area contributed by atoms with E-state index >= 15 is 0 Å². The SMILES string of the molecule is Cc1ccccc1.O=C(OO)c1ccccc1. The van der Waals surface area contributed by atoms with Gasteiger partial charge in [-0.2, -0.15) is 5.26 Å². The maximum atomic E-state index is 10.5. The summed E-state index contributed by atoms with van der Waals surface area (Å²) < 4.78 is 0. The van der Waals surface area contributed by atoms with Gasteiger partial charge in [-0.25, -0.2) is 4.79 Å². The molecule has 1 N–H and O–H groups in total. The summed E-state index contributed by atoms with van der Waals surface area (Å²) >= 11 is 0. The van der Waals surface area contributed by atoms with Crippen molar-refractivity contribution >= 4 is 5.97 Å². The monoisotopic (exact) mass is 230 g/mol. The largest absolute Gasteiger partial charge is 0.372 e. The molecule has 0 aliphatic heterocycles. The van der Waals surface area contributed by atoms with Crippen molar-refractivity contribution in [2.45, 2.75) is 6.92 Å². The molecule has 0 aromatic heterocycles. The van der Waals surface area contributed by atoms with E-state index in [1.54, 1.807) is 30.3 Å². The quantitative estimate of drug-likeness (QED) is 0.604. The van der Waals surface area contributed by atoms with Gasteiger partial charge in [0.25, 0.3) is 0 Å². The van der Waals surface area contributed by atoms with E-state index in [-0.39, 0.29) is 0 Å². The van der Waals surface area contributed by atoms with Crippen LogP contribution in [0.5, 0.6) is 0 Å². The lowest BCUT2D eigenvalue weighted by Crippen LogP contribution is -2.00. The van der Waals surface area contributed by atoms with Gasteiger partial charge in [-0.15, -0.1) is 0 Å². The van der Waals surface area contributed by atoms with Gasteiger partial charge < -0.3 is 0 Å². The molecule has 88 valence electrons. The topological polar surface area (TPSA) is 46.5 Å². The number of rotatable bonds is 1. The second kappa shape index (κ2) is 7.19. The fourth-order valence-corrected chi connectivity index (χ4v) is 1.16. The van der Waals surface area contributed by atoms with Gasteiger partial charge in [-0.1, -0.05) is 54.1 Å². The fraction of sp³-hybridized carbons (Fsp3) is 0.0714. The van der Waals surface area contributed by atoms with Crippen LogP contribution in [-0.4, -0.2) is 11.2 Å². The zero-order chi connectivity index (χ0) is 12.5. The Labute approximate surface area is 100 Å². The molecule has 0 saturated heterocycles. The third kappa shape index (κ3) is 4.95. The molecule has 0 unspecified atom stereocenters. The van der Waals surface area contributed by atoms with E-state index in [1.165, 1.54) is 5.56 Å².